The van der Waals surface area contributed by atoms with Gasteiger partial charge in [0, 0.05) is 5.92 Å². The number of nitrogen functional groups attached to an aromatic ring is 1. The number of benzene rings is 2. The Kier molecular flexibility index (Phi) is 3.33. The quantitative estimate of drug-likeness (QED) is 0.847. The van der Waals surface area contributed by atoms with Gasteiger partial charge >= 0.3 is 0 Å². The Morgan fingerprint density at radius 2 is 2.00 bits per heavy atom. The van der Waals surface area contributed by atoms with Crippen LogP contribution in [0.15, 0.2) is 48.5 Å². The van der Waals surface area contributed by atoms with E-state index in [4.69, 9.17) is 11.0 Å². The first-order valence-corrected chi connectivity index (χ1v) is 6.84. The van der Waals surface area contributed by atoms with Gasteiger partial charge in [-0.15, -0.1) is 0 Å². The predicted molar refractivity (Wildman–Crippen MR) is 81.5 cm³/mol. The topological polar surface area (TPSA) is 78.9 Å². The number of rotatable bonds is 3. The van der Waals surface area contributed by atoms with Gasteiger partial charge in [-0.2, -0.15) is 5.26 Å². The molecule has 1 fully saturated rings. The fraction of sp³-hybridized carbons (Fsp3) is 0.176. The SMILES string of the molecule is N#Cc1ccc(NC(=O)C2CC2c2ccccc2)c(N)c1. The molecule has 2 unspecified atom stereocenters. The minimum absolute atomic E-state index is 0.00226. The number of amides is 1. The summed E-state index contributed by atoms with van der Waals surface area (Å²) in [5, 5.41) is 11.7. The zero-order valence-electron chi connectivity index (χ0n) is 11.4. The Morgan fingerprint density at radius 3 is 2.67 bits per heavy atom. The van der Waals surface area contributed by atoms with E-state index in [1.807, 2.05) is 36.4 Å². The van der Waals surface area contributed by atoms with Gasteiger partial charge in [0.25, 0.3) is 0 Å². The highest BCUT2D eigenvalue weighted by molar-refractivity contribution is 5.97. The maximum absolute atomic E-state index is 12.2. The van der Waals surface area contributed by atoms with E-state index >= 15 is 0 Å². The molecule has 0 bridgehead atoms. The van der Waals surface area contributed by atoms with Crippen molar-refractivity contribution >= 4 is 17.3 Å². The van der Waals surface area contributed by atoms with Crippen molar-refractivity contribution in [1.29, 1.82) is 5.26 Å². The molecule has 3 N–H and O–H groups in total. The summed E-state index contributed by atoms with van der Waals surface area (Å²) in [6, 6.07) is 16.9. The lowest BCUT2D eigenvalue weighted by molar-refractivity contribution is -0.117. The number of carbonyl (C=O) groups excluding carboxylic acids is 1. The van der Waals surface area contributed by atoms with Crippen LogP contribution in [0.5, 0.6) is 0 Å². The van der Waals surface area contributed by atoms with Crippen LogP contribution >= 0.6 is 0 Å². The Labute approximate surface area is 123 Å². The number of nitrogens with zero attached hydrogens (tertiary/aromatic N) is 1. The summed E-state index contributed by atoms with van der Waals surface area (Å²) < 4.78 is 0. The number of carbonyl (C=O) groups is 1. The third kappa shape index (κ3) is 2.72. The monoisotopic (exact) mass is 277 g/mol. The molecule has 2 atom stereocenters. The van der Waals surface area contributed by atoms with Gasteiger partial charge in [0.2, 0.25) is 5.91 Å². The molecule has 0 aliphatic heterocycles. The lowest BCUT2D eigenvalue weighted by Gasteiger charge is -2.08. The second kappa shape index (κ2) is 5.29. The summed E-state index contributed by atoms with van der Waals surface area (Å²) in [5.74, 6) is 0.286. The van der Waals surface area contributed by atoms with Crippen LogP contribution in [-0.2, 0) is 4.79 Å². The van der Waals surface area contributed by atoms with Crippen LogP contribution in [-0.4, -0.2) is 5.91 Å². The van der Waals surface area contributed by atoms with Crippen LogP contribution in [0.2, 0.25) is 0 Å². The molecule has 1 amide bonds. The molecule has 0 aromatic heterocycles. The number of hydrogen-bond donors (Lipinski definition) is 2. The summed E-state index contributed by atoms with van der Waals surface area (Å²) in [5.41, 5.74) is 8.51. The molecule has 0 saturated heterocycles. The molecule has 0 heterocycles. The third-order valence-electron chi connectivity index (χ3n) is 3.79. The number of nitrogens with two attached hydrogens (primary N) is 1. The molecule has 2 aromatic rings. The summed E-state index contributed by atoms with van der Waals surface area (Å²) in [6.45, 7) is 0. The molecular weight excluding hydrogens is 262 g/mol. The number of nitriles is 1. The average molecular weight is 277 g/mol. The first-order valence-electron chi connectivity index (χ1n) is 6.84. The van der Waals surface area contributed by atoms with Crippen molar-refractivity contribution in [1.82, 2.24) is 0 Å². The molecule has 1 aliphatic carbocycles. The van der Waals surface area contributed by atoms with E-state index in [0.29, 0.717) is 22.9 Å². The molecule has 1 aliphatic rings. The second-order valence-electron chi connectivity index (χ2n) is 5.26. The van der Waals surface area contributed by atoms with Gasteiger partial charge in [-0.25, -0.2) is 0 Å². The lowest BCUT2D eigenvalue weighted by atomic mass is 10.1. The number of anilines is 2. The van der Waals surface area contributed by atoms with Crippen molar-refractivity contribution in [3.8, 4) is 6.07 Å². The van der Waals surface area contributed by atoms with Crippen LogP contribution in [0.25, 0.3) is 0 Å². The molecular formula is C17H15N3O. The van der Waals surface area contributed by atoms with Gasteiger partial charge in [0.05, 0.1) is 23.0 Å². The van der Waals surface area contributed by atoms with Crippen molar-refractivity contribution in [2.45, 2.75) is 12.3 Å². The Balaban J connectivity index is 1.67. The first-order chi connectivity index (χ1) is 10.2. The molecule has 1 saturated carbocycles. The van der Waals surface area contributed by atoms with E-state index in [9.17, 15) is 4.79 Å². The van der Waals surface area contributed by atoms with Crippen molar-refractivity contribution in [3.63, 3.8) is 0 Å². The summed E-state index contributed by atoms with van der Waals surface area (Å²) in [6.07, 6.45) is 0.867. The fourth-order valence-electron chi connectivity index (χ4n) is 2.52. The van der Waals surface area contributed by atoms with Gasteiger partial charge < -0.3 is 11.1 Å². The average Bonchev–Trinajstić information content (AvgIpc) is 3.31. The van der Waals surface area contributed by atoms with Gasteiger partial charge in [-0.1, -0.05) is 30.3 Å². The molecule has 3 rings (SSSR count). The smallest absolute Gasteiger partial charge is 0.228 e. The van der Waals surface area contributed by atoms with Crippen LogP contribution in [0, 0.1) is 17.2 Å². The van der Waals surface area contributed by atoms with Crippen LogP contribution < -0.4 is 11.1 Å². The van der Waals surface area contributed by atoms with Gasteiger partial charge in [0.15, 0.2) is 0 Å². The van der Waals surface area contributed by atoms with Crippen molar-refractivity contribution in [3.05, 3.63) is 59.7 Å². The standard InChI is InChI=1S/C17H15N3O/c18-10-11-6-7-16(15(19)8-11)20-17(21)14-9-13(14)12-4-2-1-3-5-12/h1-8,13-14H,9,19H2,(H,20,21). The minimum atomic E-state index is -0.0136. The highest BCUT2D eigenvalue weighted by Crippen LogP contribution is 2.48. The van der Waals surface area contributed by atoms with Crippen LogP contribution in [0.1, 0.15) is 23.5 Å². The molecule has 4 nitrogen and oxygen atoms in total. The van der Waals surface area contributed by atoms with Crippen molar-refractivity contribution in [2.75, 3.05) is 11.1 Å². The van der Waals surface area contributed by atoms with Gasteiger partial charge in [-0.3, -0.25) is 4.79 Å². The van der Waals surface area contributed by atoms with E-state index in [-0.39, 0.29) is 11.8 Å². The predicted octanol–water partition coefficient (Wildman–Crippen LogP) is 2.88. The van der Waals surface area contributed by atoms with E-state index in [1.54, 1.807) is 18.2 Å². The molecule has 104 valence electrons. The molecule has 2 aromatic carbocycles. The molecule has 0 spiro atoms. The Hall–Kier alpha value is -2.80. The van der Waals surface area contributed by atoms with E-state index < -0.39 is 0 Å². The van der Waals surface area contributed by atoms with Gasteiger partial charge in [-0.05, 0) is 36.1 Å². The molecule has 4 heteroatoms. The molecule has 0 radical (unpaired) electrons. The van der Waals surface area contributed by atoms with E-state index in [1.165, 1.54) is 5.56 Å². The van der Waals surface area contributed by atoms with Gasteiger partial charge in [0.1, 0.15) is 0 Å². The highest BCUT2D eigenvalue weighted by atomic mass is 16.2. The summed E-state index contributed by atoms with van der Waals surface area (Å²) >= 11 is 0. The maximum atomic E-state index is 12.2. The fourth-order valence-corrected chi connectivity index (χ4v) is 2.52. The summed E-state index contributed by atoms with van der Waals surface area (Å²) in [4.78, 5) is 12.2. The maximum Gasteiger partial charge on any atom is 0.228 e. The Bertz CT molecular complexity index is 719. The lowest BCUT2D eigenvalue weighted by Crippen LogP contribution is -2.15. The van der Waals surface area contributed by atoms with E-state index in [0.717, 1.165) is 6.42 Å². The summed E-state index contributed by atoms with van der Waals surface area (Å²) in [7, 11) is 0. The zero-order valence-corrected chi connectivity index (χ0v) is 11.4. The normalized spacial score (nSPS) is 19.6. The zero-order chi connectivity index (χ0) is 14.8. The van der Waals surface area contributed by atoms with Crippen molar-refractivity contribution in [2.24, 2.45) is 5.92 Å². The Morgan fingerprint density at radius 1 is 1.24 bits per heavy atom. The van der Waals surface area contributed by atoms with Crippen molar-refractivity contribution < 1.29 is 4.79 Å². The highest BCUT2D eigenvalue weighted by Gasteiger charge is 2.43. The van der Waals surface area contributed by atoms with Crippen LogP contribution in [0.4, 0.5) is 11.4 Å². The third-order valence-corrected chi connectivity index (χ3v) is 3.79. The largest absolute Gasteiger partial charge is 0.397 e. The first kappa shape index (κ1) is 13.2. The van der Waals surface area contributed by atoms with Crippen LogP contribution in [0.3, 0.4) is 0 Å². The molecule has 21 heavy (non-hydrogen) atoms. The minimum Gasteiger partial charge on any atom is -0.397 e. The number of nitrogens with one attached hydrogen (secondary N) is 1. The van der Waals surface area contributed by atoms with E-state index in [2.05, 4.69) is 5.32 Å². The number of hydrogen-bond acceptors (Lipinski definition) is 3. The second-order valence-corrected chi connectivity index (χ2v) is 5.26.